The molecular weight excluding hydrogens is 272 g/mol. The highest BCUT2D eigenvalue weighted by Crippen LogP contribution is 2.27. The Labute approximate surface area is 119 Å². The summed E-state index contributed by atoms with van der Waals surface area (Å²) in [6.07, 6.45) is 2.09. The lowest BCUT2D eigenvalue weighted by molar-refractivity contribution is -0.134. The molecule has 1 aliphatic heterocycles. The number of amides is 2. The Hall–Kier alpha value is -2.76. The molecule has 2 aromatic rings. The van der Waals surface area contributed by atoms with Gasteiger partial charge in [0.25, 0.3) is 0 Å². The van der Waals surface area contributed by atoms with Gasteiger partial charge in [0, 0.05) is 18.0 Å². The summed E-state index contributed by atoms with van der Waals surface area (Å²) in [5.74, 6) is -1.94. The fourth-order valence-corrected chi connectivity index (χ4v) is 2.48. The summed E-state index contributed by atoms with van der Waals surface area (Å²) in [5.41, 5.74) is 1.53. The van der Waals surface area contributed by atoms with Crippen LogP contribution in [0.1, 0.15) is 34.7 Å². The van der Waals surface area contributed by atoms with Crippen LogP contribution in [0.4, 0.5) is 0 Å². The smallest absolute Gasteiger partial charge is 0.337 e. The van der Waals surface area contributed by atoms with E-state index in [0.717, 1.165) is 5.56 Å². The Bertz CT molecular complexity index is 769. The number of aromatic nitrogens is 1. The van der Waals surface area contributed by atoms with Crippen LogP contribution < -0.4 is 5.32 Å². The third-order valence-corrected chi connectivity index (χ3v) is 3.60. The molecule has 0 bridgehead atoms. The van der Waals surface area contributed by atoms with E-state index in [4.69, 9.17) is 5.11 Å². The molecule has 1 aliphatic rings. The molecule has 1 aromatic heterocycles. The van der Waals surface area contributed by atoms with Crippen molar-refractivity contribution in [3.05, 3.63) is 41.6 Å². The minimum atomic E-state index is -1.03. The van der Waals surface area contributed by atoms with Gasteiger partial charge < -0.3 is 5.11 Å². The van der Waals surface area contributed by atoms with Crippen molar-refractivity contribution in [3.8, 4) is 0 Å². The lowest BCUT2D eigenvalue weighted by Gasteiger charge is -2.21. The van der Waals surface area contributed by atoms with Gasteiger partial charge in [-0.1, -0.05) is 12.1 Å². The number of nitrogens with one attached hydrogen (secondary N) is 1. The van der Waals surface area contributed by atoms with E-state index in [-0.39, 0.29) is 23.3 Å². The second-order valence-corrected chi connectivity index (χ2v) is 4.98. The quantitative estimate of drug-likeness (QED) is 0.814. The Morgan fingerprint density at radius 2 is 2.10 bits per heavy atom. The monoisotopic (exact) mass is 284 g/mol. The lowest BCUT2D eigenvalue weighted by atomic mass is 9.90. The molecular formula is C15H12N2O4. The van der Waals surface area contributed by atoms with Gasteiger partial charge in [-0.25, -0.2) is 4.79 Å². The molecule has 1 saturated heterocycles. The van der Waals surface area contributed by atoms with Crippen molar-refractivity contribution in [1.82, 2.24) is 10.3 Å². The molecule has 2 amide bonds. The van der Waals surface area contributed by atoms with Gasteiger partial charge in [0.2, 0.25) is 11.8 Å². The van der Waals surface area contributed by atoms with E-state index in [2.05, 4.69) is 10.3 Å². The summed E-state index contributed by atoms with van der Waals surface area (Å²) < 4.78 is 0. The number of carbonyl (C=O) groups excluding carboxylic acids is 2. The summed E-state index contributed by atoms with van der Waals surface area (Å²) in [7, 11) is 0. The number of carboxylic acid groups (broad SMARTS) is 1. The summed E-state index contributed by atoms with van der Waals surface area (Å²) in [6.45, 7) is 0. The van der Waals surface area contributed by atoms with Gasteiger partial charge in [-0.15, -0.1) is 0 Å². The number of fused-ring (bicyclic) bond motifs is 1. The Balaban J connectivity index is 1.98. The molecule has 1 aromatic carbocycles. The number of benzene rings is 1. The van der Waals surface area contributed by atoms with Crippen LogP contribution in [-0.4, -0.2) is 27.9 Å². The minimum Gasteiger partial charge on any atom is -0.478 e. The number of nitrogens with zero attached hydrogens (tertiary/aromatic N) is 1. The van der Waals surface area contributed by atoms with Crippen molar-refractivity contribution in [2.75, 3.05) is 0 Å². The molecule has 0 aliphatic carbocycles. The van der Waals surface area contributed by atoms with Crippen LogP contribution in [-0.2, 0) is 9.59 Å². The maximum absolute atomic E-state index is 11.9. The molecule has 2 N–H and O–H groups in total. The zero-order chi connectivity index (χ0) is 15.0. The van der Waals surface area contributed by atoms with Crippen molar-refractivity contribution in [3.63, 3.8) is 0 Å². The molecule has 21 heavy (non-hydrogen) atoms. The van der Waals surface area contributed by atoms with Crippen LogP contribution in [0.5, 0.6) is 0 Å². The van der Waals surface area contributed by atoms with E-state index < -0.39 is 5.97 Å². The standard InChI is InChI=1S/C15H12N2O4/c18-13-4-3-11(14(19)17-13)8-1-2-9-5-10(15(20)21)7-16-12(9)6-8/h1-2,5-7,11H,3-4H2,(H,20,21)(H,17,18,19). The number of piperidine rings is 1. The van der Waals surface area contributed by atoms with Gasteiger partial charge >= 0.3 is 5.97 Å². The Morgan fingerprint density at radius 1 is 1.29 bits per heavy atom. The Kier molecular flexibility index (Phi) is 3.13. The highest BCUT2D eigenvalue weighted by molar-refractivity contribution is 6.01. The first-order valence-electron chi connectivity index (χ1n) is 6.51. The van der Waals surface area contributed by atoms with Crippen molar-refractivity contribution in [2.45, 2.75) is 18.8 Å². The largest absolute Gasteiger partial charge is 0.478 e. The van der Waals surface area contributed by atoms with Crippen LogP contribution in [0.3, 0.4) is 0 Å². The second-order valence-electron chi connectivity index (χ2n) is 4.98. The van der Waals surface area contributed by atoms with Gasteiger partial charge in [0.05, 0.1) is 17.0 Å². The third-order valence-electron chi connectivity index (χ3n) is 3.60. The van der Waals surface area contributed by atoms with Gasteiger partial charge in [-0.2, -0.15) is 0 Å². The number of carboxylic acids is 1. The van der Waals surface area contributed by atoms with E-state index in [9.17, 15) is 14.4 Å². The first kappa shape index (κ1) is 13.2. The van der Waals surface area contributed by atoms with Crippen molar-refractivity contribution in [1.29, 1.82) is 0 Å². The van der Waals surface area contributed by atoms with E-state index in [1.54, 1.807) is 24.3 Å². The number of pyridine rings is 1. The maximum atomic E-state index is 11.9. The number of aromatic carboxylic acids is 1. The van der Waals surface area contributed by atoms with Crippen LogP contribution in [0.2, 0.25) is 0 Å². The number of hydrogen-bond acceptors (Lipinski definition) is 4. The topological polar surface area (TPSA) is 96.4 Å². The predicted octanol–water partition coefficient (Wildman–Crippen LogP) is 1.45. The summed E-state index contributed by atoms with van der Waals surface area (Å²) in [4.78, 5) is 38.0. The van der Waals surface area contributed by atoms with E-state index in [1.165, 1.54) is 6.20 Å². The fourth-order valence-electron chi connectivity index (χ4n) is 2.48. The number of hydrogen-bond donors (Lipinski definition) is 2. The minimum absolute atomic E-state index is 0.122. The van der Waals surface area contributed by atoms with Gasteiger partial charge in [0.15, 0.2) is 0 Å². The third kappa shape index (κ3) is 2.47. The van der Waals surface area contributed by atoms with Crippen LogP contribution in [0, 0.1) is 0 Å². The summed E-state index contributed by atoms with van der Waals surface area (Å²) >= 11 is 0. The highest BCUT2D eigenvalue weighted by atomic mass is 16.4. The molecule has 1 atom stereocenters. The number of rotatable bonds is 2. The molecule has 106 valence electrons. The first-order chi connectivity index (χ1) is 10.0. The molecule has 1 unspecified atom stereocenters. The normalized spacial score (nSPS) is 18.6. The van der Waals surface area contributed by atoms with Crippen molar-refractivity contribution >= 4 is 28.7 Å². The zero-order valence-corrected chi connectivity index (χ0v) is 11.0. The first-order valence-corrected chi connectivity index (χ1v) is 6.51. The average Bonchev–Trinajstić information content (AvgIpc) is 2.46. The molecule has 3 rings (SSSR count). The van der Waals surface area contributed by atoms with Gasteiger partial charge in [-0.05, 0) is 24.1 Å². The lowest BCUT2D eigenvalue weighted by Crippen LogP contribution is -2.39. The molecule has 6 heteroatoms. The van der Waals surface area contributed by atoms with Crippen LogP contribution in [0.25, 0.3) is 10.9 Å². The number of imide groups is 1. The van der Waals surface area contributed by atoms with E-state index >= 15 is 0 Å². The molecule has 2 heterocycles. The predicted molar refractivity (Wildman–Crippen MR) is 73.8 cm³/mol. The van der Waals surface area contributed by atoms with Crippen molar-refractivity contribution in [2.24, 2.45) is 0 Å². The molecule has 1 fully saturated rings. The van der Waals surface area contributed by atoms with Gasteiger partial charge in [-0.3, -0.25) is 19.9 Å². The number of carbonyl (C=O) groups is 3. The summed E-state index contributed by atoms with van der Waals surface area (Å²) in [6, 6.07) is 6.82. The molecule has 0 spiro atoms. The Morgan fingerprint density at radius 3 is 2.81 bits per heavy atom. The highest BCUT2D eigenvalue weighted by Gasteiger charge is 2.28. The molecule has 6 nitrogen and oxygen atoms in total. The van der Waals surface area contributed by atoms with E-state index in [0.29, 0.717) is 23.7 Å². The van der Waals surface area contributed by atoms with Crippen LogP contribution in [0.15, 0.2) is 30.5 Å². The SMILES string of the molecule is O=C1CCC(c2ccc3cc(C(=O)O)cnc3c2)C(=O)N1. The second kappa shape index (κ2) is 4.97. The summed E-state index contributed by atoms with van der Waals surface area (Å²) in [5, 5.41) is 12.0. The zero-order valence-electron chi connectivity index (χ0n) is 11.0. The maximum Gasteiger partial charge on any atom is 0.337 e. The van der Waals surface area contributed by atoms with E-state index in [1.807, 2.05) is 0 Å². The van der Waals surface area contributed by atoms with Gasteiger partial charge in [0.1, 0.15) is 0 Å². The fraction of sp³-hybridized carbons (Fsp3) is 0.200. The molecule has 0 saturated carbocycles. The van der Waals surface area contributed by atoms with Crippen LogP contribution >= 0.6 is 0 Å². The average molecular weight is 284 g/mol. The van der Waals surface area contributed by atoms with Crippen molar-refractivity contribution < 1.29 is 19.5 Å². The molecule has 0 radical (unpaired) electrons.